The van der Waals surface area contributed by atoms with Crippen LogP contribution in [-0.2, 0) is 4.79 Å². The van der Waals surface area contributed by atoms with Crippen LogP contribution in [0.1, 0.15) is 31.2 Å². The van der Waals surface area contributed by atoms with E-state index < -0.39 is 0 Å². The van der Waals surface area contributed by atoms with Gasteiger partial charge in [-0.3, -0.25) is 4.79 Å². The first-order valence-electron chi connectivity index (χ1n) is 7.28. The maximum atomic E-state index is 11.9. The van der Waals surface area contributed by atoms with Crippen molar-refractivity contribution in [3.8, 4) is 0 Å². The number of hydrogen-bond donors (Lipinski definition) is 1. The highest BCUT2D eigenvalue weighted by Gasteiger charge is 2.44. The van der Waals surface area contributed by atoms with Crippen LogP contribution in [0.4, 0.5) is 0 Å². The number of carbonyl (C=O) groups is 1. The third kappa shape index (κ3) is 2.81. The predicted octanol–water partition coefficient (Wildman–Crippen LogP) is 2.00. The Morgan fingerprint density at radius 3 is 2.79 bits per heavy atom. The van der Waals surface area contributed by atoms with Gasteiger partial charge >= 0.3 is 0 Å². The van der Waals surface area contributed by atoms with Crippen LogP contribution in [0.25, 0.3) is 0 Å². The van der Waals surface area contributed by atoms with E-state index in [1.807, 2.05) is 6.07 Å². The van der Waals surface area contributed by atoms with Crippen LogP contribution in [0, 0.1) is 5.92 Å². The van der Waals surface area contributed by atoms with E-state index in [4.69, 9.17) is 0 Å². The molecule has 1 aliphatic carbocycles. The van der Waals surface area contributed by atoms with E-state index in [9.17, 15) is 4.79 Å². The lowest BCUT2D eigenvalue weighted by Crippen LogP contribution is -2.36. The smallest absolute Gasteiger partial charge is 0.219 e. The molecule has 1 aromatic rings. The molecule has 1 heterocycles. The zero-order chi connectivity index (χ0) is 13.2. The molecule has 102 valence electrons. The number of hydrogen-bond acceptors (Lipinski definition) is 2. The zero-order valence-corrected chi connectivity index (χ0v) is 11.5. The summed E-state index contributed by atoms with van der Waals surface area (Å²) in [6.07, 6.45) is 2.33. The topological polar surface area (TPSA) is 32.3 Å². The van der Waals surface area contributed by atoms with Gasteiger partial charge in [-0.2, -0.15) is 0 Å². The van der Waals surface area contributed by atoms with Crippen molar-refractivity contribution in [1.29, 1.82) is 0 Å². The molecule has 2 fully saturated rings. The monoisotopic (exact) mass is 258 g/mol. The minimum Gasteiger partial charge on any atom is -0.339 e. The van der Waals surface area contributed by atoms with Gasteiger partial charge in [0.25, 0.3) is 0 Å². The fourth-order valence-corrected chi connectivity index (χ4v) is 3.23. The van der Waals surface area contributed by atoms with Crippen LogP contribution in [0.2, 0.25) is 0 Å². The number of nitrogens with zero attached hydrogens (tertiary/aromatic N) is 1. The maximum absolute atomic E-state index is 11.9. The molecule has 2 aliphatic rings. The first-order valence-corrected chi connectivity index (χ1v) is 7.28. The lowest BCUT2D eigenvalue weighted by molar-refractivity contribution is -0.130. The van der Waals surface area contributed by atoms with Gasteiger partial charge in [-0.15, -0.1) is 0 Å². The zero-order valence-electron chi connectivity index (χ0n) is 11.5. The molecular formula is C16H22N2O. The number of amides is 1. The first-order chi connectivity index (χ1) is 9.25. The van der Waals surface area contributed by atoms with Crippen LogP contribution >= 0.6 is 0 Å². The van der Waals surface area contributed by atoms with Gasteiger partial charge in [-0.05, 0) is 37.4 Å². The van der Waals surface area contributed by atoms with Crippen LogP contribution in [0.5, 0.6) is 0 Å². The lowest BCUT2D eigenvalue weighted by atomic mass is 10.1. The summed E-state index contributed by atoms with van der Waals surface area (Å²) < 4.78 is 0. The highest BCUT2D eigenvalue weighted by molar-refractivity contribution is 5.74. The molecule has 1 N–H and O–H groups in total. The first kappa shape index (κ1) is 12.7. The normalized spacial score (nSPS) is 29.2. The molecule has 1 saturated carbocycles. The average molecular weight is 258 g/mol. The molecule has 1 aliphatic heterocycles. The van der Waals surface area contributed by atoms with Crippen LogP contribution in [0.3, 0.4) is 0 Å². The molecule has 0 aromatic heterocycles. The van der Waals surface area contributed by atoms with Crippen molar-refractivity contribution in [2.24, 2.45) is 5.92 Å². The molecule has 3 atom stereocenters. The van der Waals surface area contributed by atoms with E-state index in [1.165, 1.54) is 12.0 Å². The summed E-state index contributed by atoms with van der Waals surface area (Å²) >= 11 is 0. The van der Waals surface area contributed by atoms with Crippen molar-refractivity contribution in [3.63, 3.8) is 0 Å². The van der Waals surface area contributed by atoms with E-state index >= 15 is 0 Å². The maximum Gasteiger partial charge on any atom is 0.219 e. The van der Waals surface area contributed by atoms with Crippen molar-refractivity contribution < 1.29 is 4.79 Å². The minimum atomic E-state index is 0.232. The molecular weight excluding hydrogens is 236 g/mol. The van der Waals surface area contributed by atoms with E-state index in [1.54, 1.807) is 6.92 Å². The highest BCUT2D eigenvalue weighted by atomic mass is 16.2. The second-order valence-electron chi connectivity index (χ2n) is 5.85. The van der Waals surface area contributed by atoms with Crippen molar-refractivity contribution in [2.75, 3.05) is 19.6 Å². The van der Waals surface area contributed by atoms with Crippen molar-refractivity contribution >= 4 is 5.91 Å². The van der Waals surface area contributed by atoms with Crippen LogP contribution in [0.15, 0.2) is 30.3 Å². The number of nitrogens with one attached hydrogen (secondary N) is 1. The molecule has 1 aromatic carbocycles. The Hall–Kier alpha value is -1.35. The Morgan fingerprint density at radius 1 is 1.37 bits per heavy atom. The highest BCUT2D eigenvalue weighted by Crippen LogP contribution is 2.45. The summed E-state index contributed by atoms with van der Waals surface area (Å²) in [6, 6.07) is 11.0. The van der Waals surface area contributed by atoms with Gasteiger partial charge in [0, 0.05) is 25.4 Å². The third-order valence-corrected chi connectivity index (χ3v) is 4.41. The Bertz CT molecular complexity index is 439. The molecule has 0 bridgehead atoms. The van der Waals surface area contributed by atoms with Gasteiger partial charge in [0.1, 0.15) is 0 Å². The summed E-state index contributed by atoms with van der Waals surface area (Å²) in [6.45, 7) is 4.80. The lowest BCUT2D eigenvalue weighted by Gasteiger charge is -2.24. The summed E-state index contributed by atoms with van der Waals surface area (Å²) in [5, 5.41) is 3.38. The summed E-state index contributed by atoms with van der Waals surface area (Å²) in [7, 11) is 0. The van der Waals surface area contributed by atoms with Gasteiger partial charge in [0.05, 0.1) is 0 Å². The molecule has 0 radical (unpaired) electrons. The second-order valence-corrected chi connectivity index (χ2v) is 5.85. The largest absolute Gasteiger partial charge is 0.339 e. The predicted molar refractivity (Wildman–Crippen MR) is 76.0 cm³/mol. The van der Waals surface area contributed by atoms with Gasteiger partial charge in [0.15, 0.2) is 0 Å². The molecule has 1 amide bonds. The SMILES string of the molecule is CC(=O)N(C[C@H]1CCNC1)[C@@H]1C[C@H]1c1ccccc1. The van der Waals surface area contributed by atoms with E-state index in [-0.39, 0.29) is 5.91 Å². The molecule has 19 heavy (non-hydrogen) atoms. The fourth-order valence-electron chi connectivity index (χ4n) is 3.23. The third-order valence-electron chi connectivity index (χ3n) is 4.41. The summed E-state index contributed by atoms with van der Waals surface area (Å²) in [4.78, 5) is 14.0. The molecule has 0 unspecified atom stereocenters. The number of benzene rings is 1. The number of rotatable bonds is 4. The van der Waals surface area contributed by atoms with Crippen molar-refractivity contribution in [2.45, 2.75) is 31.7 Å². The second kappa shape index (κ2) is 5.33. The van der Waals surface area contributed by atoms with Gasteiger partial charge in [-0.25, -0.2) is 0 Å². The average Bonchev–Trinajstić information content (AvgIpc) is 3.04. The van der Waals surface area contributed by atoms with Gasteiger partial charge in [-0.1, -0.05) is 30.3 Å². The van der Waals surface area contributed by atoms with E-state index in [0.29, 0.717) is 17.9 Å². The molecule has 3 nitrogen and oxygen atoms in total. The molecule has 3 heteroatoms. The molecule has 1 saturated heterocycles. The molecule has 0 spiro atoms. The molecule has 3 rings (SSSR count). The minimum absolute atomic E-state index is 0.232. The van der Waals surface area contributed by atoms with Gasteiger partial charge < -0.3 is 10.2 Å². The standard InChI is InChI=1S/C16H22N2O/c1-12(19)18(11-13-7-8-17-10-13)16-9-15(16)14-5-3-2-4-6-14/h2-6,13,15-17H,7-11H2,1H3/t13-,15-,16+/m0/s1. The Morgan fingerprint density at radius 2 is 2.16 bits per heavy atom. The van der Waals surface area contributed by atoms with E-state index in [2.05, 4.69) is 34.5 Å². The fraction of sp³-hybridized carbons (Fsp3) is 0.562. The van der Waals surface area contributed by atoms with Crippen LogP contribution in [-0.4, -0.2) is 36.5 Å². The number of carbonyl (C=O) groups excluding carboxylic acids is 1. The Balaban J connectivity index is 1.64. The van der Waals surface area contributed by atoms with Gasteiger partial charge in [0.2, 0.25) is 5.91 Å². The van der Waals surface area contributed by atoms with Crippen LogP contribution < -0.4 is 5.32 Å². The quantitative estimate of drug-likeness (QED) is 0.896. The van der Waals surface area contributed by atoms with Crippen molar-refractivity contribution in [1.82, 2.24) is 10.2 Å². The Kier molecular flexibility index (Phi) is 3.56. The van der Waals surface area contributed by atoms with E-state index in [0.717, 1.165) is 26.1 Å². The Labute approximate surface area is 115 Å². The summed E-state index contributed by atoms with van der Waals surface area (Å²) in [5.74, 6) is 1.43. The summed E-state index contributed by atoms with van der Waals surface area (Å²) in [5.41, 5.74) is 1.38. The van der Waals surface area contributed by atoms with Crippen molar-refractivity contribution in [3.05, 3.63) is 35.9 Å².